The Bertz CT molecular complexity index is 373. The predicted octanol–water partition coefficient (Wildman–Crippen LogP) is 2.15. The Morgan fingerprint density at radius 3 is 2.92 bits per heavy atom. The molecule has 0 aliphatic heterocycles. The fourth-order valence-electron chi connectivity index (χ4n) is 1.17. The molecule has 2 aromatic rings. The van der Waals surface area contributed by atoms with Crippen molar-refractivity contribution in [1.82, 2.24) is 4.98 Å². The van der Waals surface area contributed by atoms with Crippen molar-refractivity contribution in [3.8, 4) is 5.88 Å². The SMILES string of the molecule is N=COc1cc2ccccc2[nH]1. The molecular formula is C9H8N2O. The molecule has 0 saturated carbocycles. The zero-order chi connectivity index (χ0) is 8.39. The van der Waals surface area contributed by atoms with Gasteiger partial charge in [-0.3, -0.25) is 5.41 Å². The van der Waals surface area contributed by atoms with E-state index < -0.39 is 0 Å². The summed E-state index contributed by atoms with van der Waals surface area (Å²) in [6.45, 7) is 0. The molecule has 0 radical (unpaired) electrons. The Morgan fingerprint density at radius 2 is 2.17 bits per heavy atom. The maximum Gasteiger partial charge on any atom is 0.199 e. The summed E-state index contributed by atoms with van der Waals surface area (Å²) in [6, 6.07) is 9.73. The van der Waals surface area contributed by atoms with Gasteiger partial charge in [0.05, 0.1) is 0 Å². The van der Waals surface area contributed by atoms with Crippen LogP contribution < -0.4 is 4.74 Å². The van der Waals surface area contributed by atoms with Crippen LogP contribution in [0, 0.1) is 5.41 Å². The van der Waals surface area contributed by atoms with Gasteiger partial charge in [0, 0.05) is 17.0 Å². The predicted molar refractivity (Wildman–Crippen MR) is 47.7 cm³/mol. The summed E-state index contributed by atoms with van der Waals surface area (Å²) in [6.07, 6.45) is 0.907. The number of aromatic amines is 1. The van der Waals surface area contributed by atoms with Gasteiger partial charge in [-0.1, -0.05) is 18.2 Å². The molecule has 12 heavy (non-hydrogen) atoms. The molecule has 3 heteroatoms. The van der Waals surface area contributed by atoms with E-state index in [9.17, 15) is 0 Å². The molecule has 3 nitrogen and oxygen atoms in total. The number of para-hydroxylation sites is 1. The van der Waals surface area contributed by atoms with Crippen molar-refractivity contribution in [3.05, 3.63) is 30.3 Å². The second-order valence-corrected chi connectivity index (χ2v) is 2.46. The van der Waals surface area contributed by atoms with E-state index in [0.717, 1.165) is 17.3 Å². The first kappa shape index (κ1) is 6.91. The number of fused-ring (bicyclic) bond motifs is 1. The standard InChI is InChI=1S/C9H8N2O/c10-6-12-9-5-7-3-1-2-4-8(7)11-9/h1-6,10-11H. The highest BCUT2D eigenvalue weighted by Gasteiger charge is 1.97. The summed E-state index contributed by atoms with van der Waals surface area (Å²) in [5.41, 5.74) is 1.02. The third-order valence-corrected chi connectivity index (χ3v) is 1.69. The average molecular weight is 160 g/mol. The zero-order valence-corrected chi connectivity index (χ0v) is 6.37. The highest BCUT2D eigenvalue weighted by Crippen LogP contribution is 2.18. The molecule has 0 unspecified atom stereocenters. The lowest BCUT2D eigenvalue weighted by atomic mass is 10.3. The van der Waals surface area contributed by atoms with Gasteiger partial charge in [0.2, 0.25) is 0 Å². The van der Waals surface area contributed by atoms with E-state index in [1.54, 1.807) is 0 Å². The molecule has 0 atom stereocenters. The number of rotatable bonds is 2. The molecule has 0 aliphatic rings. The number of benzene rings is 1. The van der Waals surface area contributed by atoms with Gasteiger partial charge in [-0.15, -0.1) is 0 Å². The Hall–Kier alpha value is -1.77. The normalized spacial score (nSPS) is 10.0. The second-order valence-electron chi connectivity index (χ2n) is 2.46. The Morgan fingerprint density at radius 1 is 1.33 bits per heavy atom. The van der Waals surface area contributed by atoms with Crippen molar-refractivity contribution >= 4 is 17.3 Å². The van der Waals surface area contributed by atoms with Crippen LogP contribution in [0.1, 0.15) is 0 Å². The first-order chi connectivity index (χ1) is 5.90. The summed E-state index contributed by atoms with van der Waals surface area (Å²) in [5.74, 6) is 0.603. The van der Waals surface area contributed by atoms with Crippen LogP contribution in [-0.4, -0.2) is 11.4 Å². The van der Waals surface area contributed by atoms with Crippen LogP contribution in [0.2, 0.25) is 0 Å². The van der Waals surface area contributed by atoms with Crippen molar-refractivity contribution < 1.29 is 4.74 Å². The number of hydrogen-bond acceptors (Lipinski definition) is 2. The van der Waals surface area contributed by atoms with E-state index in [4.69, 9.17) is 10.1 Å². The summed E-state index contributed by atoms with van der Waals surface area (Å²) in [7, 11) is 0. The number of nitrogens with one attached hydrogen (secondary N) is 2. The van der Waals surface area contributed by atoms with Crippen LogP contribution in [0.4, 0.5) is 0 Å². The molecule has 0 aliphatic carbocycles. The van der Waals surface area contributed by atoms with Gasteiger partial charge in [0.1, 0.15) is 0 Å². The van der Waals surface area contributed by atoms with Crippen molar-refractivity contribution in [1.29, 1.82) is 5.41 Å². The minimum Gasteiger partial charge on any atom is -0.430 e. The van der Waals surface area contributed by atoms with Gasteiger partial charge in [-0.2, -0.15) is 0 Å². The van der Waals surface area contributed by atoms with E-state index in [2.05, 4.69) is 4.98 Å². The fourth-order valence-corrected chi connectivity index (χ4v) is 1.17. The van der Waals surface area contributed by atoms with E-state index in [1.165, 1.54) is 0 Å². The average Bonchev–Trinajstić information content (AvgIpc) is 2.47. The summed E-state index contributed by atoms with van der Waals surface area (Å²) >= 11 is 0. The fraction of sp³-hybridized carbons (Fsp3) is 0. The largest absolute Gasteiger partial charge is 0.430 e. The molecule has 0 spiro atoms. The first-order valence-corrected chi connectivity index (χ1v) is 3.63. The number of ether oxygens (including phenoxy) is 1. The van der Waals surface area contributed by atoms with Gasteiger partial charge in [-0.05, 0) is 6.07 Å². The molecule has 0 bridgehead atoms. The van der Waals surface area contributed by atoms with Crippen molar-refractivity contribution in [2.45, 2.75) is 0 Å². The Labute approximate surface area is 69.5 Å². The monoisotopic (exact) mass is 160 g/mol. The smallest absolute Gasteiger partial charge is 0.199 e. The molecule has 1 heterocycles. The molecule has 2 rings (SSSR count). The van der Waals surface area contributed by atoms with Crippen molar-refractivity contribution in [2.24, 2.45) is 0 Å². The van der Waals surface area contributed by atoms with Crippen LogP contribution in [0.15, 0.2) is 30.3 Å². The number of H-pyrrole nitrogens is 1. The lowest BCUT2D eigenvalue weighted by Gasteiger charge is -1.89. The van der Waals surface area contributed by atoms with Crippen LogP contribution in [0.25, 0.3) is 10.9 Å². The summed E-state index contributed by atoms with van der Waals surface area (Å²) < 4.78 is 4.88. The van der Waals surface area contributed by atoms with Gasteiger partial charge in [0.25, 0.3) is 0 Å². The van der Waals surface area contributed by atoms with Crippen molar-refractivity contribution in [3.63, 3.8) is 0 Å². The summed E-state index contributed by atoms with van der Waals surface area (Å²) in [4.78, 5) is 3.02. The highest BCUT2D eigenvalue weighted by molar-refractivity contribution is 5.81. The topological polar surface area (TPSA) is 48.9 Å². The quantitative estimate of drug-likeness (QED) is 0.513. The molecule has 1 aromatic heterocycles. The van der Waals surface area contributed by atoms with Gasteiger partial charge in [0.15, 0.2) is 12.3 Å². The van der Waals surface area contributed by atoms with Crippen LogP contribution in [0.5, 0.6) is 5.88 Å². The highest BCUT2D eigenvalue weighted by atomic mass is 16.5. The zero-order valence-electron chi connectivity index (χ0n) is 6.37. The van der Waals surface area contributed by atoms with E-state index in [-0.39, 0.29) is 0 Å². The van der Waals surface area contributed by atoms with Gasteiger partial charge < -0.3 is 9.72 Å². The minimum atomic E-state index is 0.603. The second kappa shape index (κ2) is 2.70. The molecule has 0 fully saturated rings. The molecule has 0 amide bonds. The third kappa shape index (κ3) is 1.05. The Balaban J connectivity index is 2.54. The molecule has 2 N–H and O–H groups in total. The lowest BCUT2D eigenvalue weighted by molar-refractivity contribution is 0.551. The van der Waals surface area contributed by atoms with Crippen LogP contribution in [-0.2, 0) is 0 Å². The minimum absolute atomic E-state index is 0.603. The van der Waals surface area contributed by atoms with E-state index >= 15 is 0 Å². The molecule has 1 aromatic carbocycles. The maximum absolute atomic E-state index is 6.75. The lowest BCUT2D eigenvalue weighted by Crippen LogP contribution is -1.85. The molecular weight excluding hydrogens is 152 g/mol. The van der Waals surface area contributed by atoms with E-state index in [0.29, 0.717) is 5.88 Å². The van der Waals surface area contributed by atoms with Gasteiger partial charge in [-0.25, -0.2) is 0 Å². The third-order valence-electron chi connectivity index (χ3n) is 1.69. The number of aromatic nitrogens is 1. The van der Waals surface area contributed by atoms with E-state index in [1.807, 2.05) is 30.3 Å². The molecule has 60 valence electrons. The maximum atomic E-state index is 6.75. The van der Waals surface area contributed by atoms with Crippen LogP contribution >= 0.6 is 0 Å². The molecule has 0 saturated heterocycles. The first-order valence-electron chi connectivity index (χ1n) is 3.63. The van der Waals surface area contributed by atoms with Crippen LogP contribution in [0.3, 0.4) is 0 Å². The number of hydrogen-bond donors (Lipinski definition) is 2. The van der Waals surface area contributed by atoms with Crippen molar-refractivity contribution in [2.75, 3.05) is 0 Å². The summed E-state index contributed by atoms with van der Waals surface area (Å²) in [5, 5.41) is 7.84. The van der Waals surface area contributed by atoms with Gasteiger partial charge >= 0.3 is 0 Å². The Kier molecular flexibility index (Phi) is 1.55.